The van der Waals surface area contributed by atoms with E-state index < -0.39 is 18.2 Å². The standard InChI is InChI=1S/C18H17F2N5O2S/c1-7-10(6-22-25(7)2)17(27)24-13-12-9(8-3-4-8)5-11(15(19)20)23-18(12)28-14(13)16(21)26/h5-6,8,15H,3-4H2,1-2H3,(H2,21,26)(H,24,27). The number of nitrogens with one attached hydrogen (secondary N) is 1. The van der Waals surface area contributed by atoms with Gasteiger partial charge in [0.25, 0.3) is 18.2 Å². The molecule has 1 fully saturated rings. The summed E-state index contributed by atoms with van der Waals surface area (Å²) >= 11 is 0.915. The summed E-state index contributed by atoms with van der Waals surface area (Å²) in [4.78, 5) is 29.1. The lowest BCUT2D eigenvalue weighted by molar-refractivity contribution is 0.100. The third-order valence-corrected chi connectivity index (χ3v) is 5.99. The Labute approximate surface area is 162 Å². The van der Waals surface area contributed by atoms with E-state index in [1.165, 1.54) is 12.3 Å². The second-order valence-electron chi connectivity index (χ2n) is 6.78. The van der Waals surface area contributed by atoms with Crippen molar-refractivity contribution in [3.05, 3.63) is 39.7 Å². The molecule has 0 radical (unpaired) electrons. The van der Waals surface area contributed by atoms with Crippen LogP contribution in [0.15, 0.2) is 12.3 Å². The van der Waals surface area contributed by atoms with Gasteiger partial charge in [-0.2, -0.15) is 5.10 Å². The van der Waals surface area contributed by atoms with Crippen LogP contribution in [0, 0.1) is 6.92 Å². The van der Waals surface area contributed by atoms with Crippen LogP contribution in [0.2, 0.25) is 0 Å². The number of rotatable bonds is 5. The van der Waals surface area contributed by atoms with Crippen LogP contribution < -0.4 is 11.1 Å². The van der Waals surface area contributed by atoms with E-state index in [2.05, 4.69) is 15.4 Å². The molecule has 3 aromatic heterocycles. The molecule has 4 rings (SSSR count). The molecule has 0 atom stereocenters. The number of aryl methyl sites for hydroxylation is 1. The number of nitrogens with zero attached hydrogens (tertiary/aromatic N) is 3. The Morgan fingerprint density at radius 1 is 1.39 bits per heavy atom. The molecule has 28 heavy (non-hydrogen) atoms. The van der Waals surface area contributed by atoms with Crippen molar-refractivity contribution in [2.24, 2.45) is 12.8 Å². The molecule has 3 heterocycles. The normalized spacial score (nSPS) is 14.0. The minimum absolute atomic E-state index is 0.0886. The van der Waals surface area contributed by atoms with Crippen molar-refractivity contribution in [2.75, 3.05) is 5.32 Å². The molecule has 7 nitrogen and oxygen atoms in total. The fourth-order valence-corrected chi connectivity index (χ4v) is 4.19. The average molecular weight is 405 g/mol. The van der Waals surface area contributed by atoms with Gasteiger partial charge in [0.2, 0.25) is 0 Å². The van der Waals surface area contributed by atoms with Crippen molar-refractivity contribution in [3.8, 4) is 0 Å². The number of amides is 2. The largest absolute Gasteiger partial charge is 0.365 e. The number of fused-ring (bicyclic) bond motifs is 1. The summed E-state index contributed by atoms with van der Waals surface area (Å²) in [6.45, 7) is 1.74. The summed E-state index contributed by atoms with van der Waals surface area (Å²) in [6.07, 6.45) is 0.423. The summed E-state index contributed by atoms with van der Waals surface area (Å²) in [6, 6.07) is 1.37. The van der Waals surface area contributed by atoms with E-state index in [4.69, 9.17) is 5.73 Å². The Morgan fingerprint density at radius 2 is 2.11 bits per heavy atom. The third-order valence-electron chi connectivity index (χ3n) is 4.90. The van der Waals surface area contributed by atoms with E-state index in [-0.39, 0.29) is 27.0 Å². The molecule has 0 bridgehead atoms. The van der Waals surface area contributed by atoms with Gasteiger partial charge in [0, 0.05) is 18.1 Å². The first-order valence-corrected chi connectivity index (χ1v) is 9.44. The maximum atomic E-state index is 13.3. The van der Waals surface area contributed by atoms with Crippen molar-refractivity contribution in [2.45, 2.75) is 32.1 Å². The lowest BCUT2D eigenvalue weighted by atomic mass is 10.0. The zero-order valence-corrected chi connectivity index (χ0v) is 15.9. The van der Waals surface area contributed by atoms with E-state index in [9.17, 15) is 18.4 Å². The number of aromatic nitrogens is 3. The predicted molar refractivity (Wildman–Crippen MR) is 101 cm³/mol. The topological polar surface area (TPSA) is 103 Å². The molecule has 1 aliphatic carbocycles. The number of thiophene rings is 1. The highest BCUT2D eigenvalue weighted by Crippen LogP contribution is 2.48. The van der Waals surface area contributed by atoms with Crippen LogP contribution in [0.5, 0.6) is 0 Å². The highest BCUT2D eigenvalue weighted by molar-refractivity contribution is 7.21. The van der Waals surface area contributed by atoms with Crippen LogP contribution in [-0.2, 0) is 7.05 Å². The number of pyridine rings is 1. The van der Waals surface area contributed by atoms with Gasteiger partial charge in [0.15, 0.2) is 0 Å². The Balaban J connectivity index is 1.88. The fraction of sp³-hybridized carbons (Fsp3) is 0.333. The number of halogens is 2. The van der Waals surface area contributed by atoms with Crippen LogP contribution in [0.3, 0.4) is 0 Å². The molecule has 0 aliphatic heterocycles. The molecule has 146 valence electrons. The highest BCUT2D eigenvalue weighted by Gasteiger charge is 2.32. The summed E-state index contributed by atoms with van der Waals surface area (Å²) in [5.74, 6) is -1.09. The summed E-state index contributed by atoms with van der Waals surface area (Å²) in [5, 5.41) is 7.31. The minimum Gasteiger partial charge on any atom is -0.365 e. The molecular formula is C18H17F2N5O2S. The van der Waals surface area contributed by atoms with Gasteiger partial charge in [-0.3, -0.25) is 14.3 Å². The van der Waals surface area contributed by atoms with Gasteiger partial charge in [-0.25, -0.2) is 13.8 Å². The van der Waals surface area contributed by atoms with Gasteiger partial charge in [-0.15, -0.1) is 11.3 Å². The van der Waals surface area contributed by atoms with Crippen LogP contribution in [-0.4, -0.2) is 26.6 Å². The molecule has 0 aromatic carbocycles. The summed E-state index contributed by atoms with van der Waals surface area (Å²) < 4.78 is 28.1. The molecule has 10 heteroatoms. The second kappa shape index (κ2) is 6.62. The molecular weight excluding hydrogens is 388 g/mol. The molecule has 3 N–H and O–H groups in total. The number of carbonyl (C=O) groups is 2. The molecule has 0 spiro atoms. The average Bonchev–Trinajstić information content (AvgIpc) is 3.35. The number of alkyl halides is 2. The Bertz CT molecular complexity index is 1120. The van der Waals surface area contributed by atoms with Crippen LogP contribution >= 0.6 is 11.3 Å². The first-order valence-electron chi connectivity index (χ1n) is 8.63. The zero-order valence-electron chi connectivity index (χ0n) is 15.1. The summed E-state index contributed by atoms with van der Waals surface area (Å²) in [7, 11) is 1.71. The minimum atomic E-state index is -2.72. The second-order valence-corrected chi connectivity index (χ2v) is 7.78. The van der Waals surface area contributed by atoms with Crippen molar-refractivity contribution in [1.29, 1.82) is 0 Å². The first-order chi connectivity index (χ1) is 13.3. The lowest BCUT2D eigenvalue weighted by Gasteiger charge is -2.10. The van der Waals surface area contributed by atoms with Gasteiger partial charge in [0.1, 0.15) is 15.4 Å². The van der Waals surface area contributed by atoms with Crippen molar-refractivity contribution in [1.82, 2.24) is 14.8 Å². The highest BCUT2D eigenvalue weighted by atomic mass is 32.1. The molecule has 3 aromatic rings. The van der Waals surface area contributed by atoms with E-state index >= 15 is 0 Å². The van der Waals surface area contributed by atoms with Gasteiger partial charge >= 0.3 is 0 Å². The predicted octanol–water partition coefficient (Wildman–Crippen LogP) is 3.50. The quantitative estimate of drug-likeness (QED) is 0.678. The number of primary amides is 1. The van der Waals surface area contributed by atoms with Gasteiger partial charge < -0.3 is 11.1 Å². The number of anilines is 1. The number of carbonyl (C=O) groups excluding carboxylic acids is 2. The zero-order chi connectivity index (χ0) is 20.2. The SMILES string of the molecule is Cc1c(C(=O)Nc2c(C(N)=O)sc3nc(C(F)F)cc(C4CC4)c23)cnn1C. The Hall–Kier alpha value is -2.88. The van der Waals surface area contributed by atoms with E-state index in [1.807, 2.05) is 0 Å². The van der Waals surface area contributed by atoms with Crippen LogP contribution in [0.1, 0.15) is 62.2 Å². The van der Waals surface area contributed by atoms with Gasteiger partial charge in [-0.05, 0) is 37.3 Å². The molecule has 1 saturated carbocycles. The molecule has 0 unspecified atom stereocenters. The Morgan fingerprint density at radius 3 is 2.64 bits per heavy atom. The number of nitrogens with two attached hydrogens (primary N) is 1. The number of hydrogen-bond acceptors (Lipinski definition) is 5. The van der Waals surface area contributed by atoms with E-state index in [1.54, 1.807) is 18.7 Å². The van der Waals surface area contributed by atoms with Crippen molar-refractivity contribution < 1.29 is 18.4 Å². The van der Waals surface area contributed by atoms with Crippen LogP contribution in [0.25, 0.3) is 10.2 Å². The molecule has 1 aliphatic rings. The molecule has 0 saturated heterocycles. The lowest BCUT2D eigenvalue weighted by Crippen LogP contribution is -2.17. The monoisotopic (exact) mass is 405 g/mol. The summed E-state index contributed by atoms with van der Waals surface area (Å²) in [5.41, 5.74) is 7.06. The molecule has 2 amide bonds. The first kappa shape index (κ1) is 18.5. The number of hydrogen-bond donors (Lipinski definition) is 2. The van der Waals surface area contributed by atoms with Crippen LogP contribution in [0.4, 0.5) is 14.5 Å². The third kappa shape index (κ3) is 3.03. The van der Waals surface area contributed by atoms with E-state index in [0.717, 1.165) is 24.2 Å². The van der Waals surface area contributed by atoms with Crippen molar-refractivity contribution in [3.63, 3.8) is 0 Å². The van der Waals surface area contributed by atoms with Gasteiger partial charge in [0.05, 0.1) is 17.4 Å². The fourth-order valence-electron chi connectivity index (χ4n) is 3.17. The van der Waals surface area contributed by atoms with Crippen molar-refractivity contribution >= 4 is 39.1 Å². The van der Waals surface area contributed by atoms with E-state index in [0.29, 0.717) is 22.2 Å². The van der Waals surface area contributed by atoms with Gasteiger partial charge in [-0.1, -0.05) is 0 Å². The maximum absolute atomic E-state index is 13.3. The maximum Gasteiger partial charge on any atom is 0.280 e. The Kier molecular flexibility index (Phi) is 4.37. The smallest absolute Gasteiger partial charge is 0.280 e.